The van der Waals surface area contributed by atoms with E-state index in [1.54, 1.807) is 36.4 Å². The smallest absolute Gasteiger partial charge is 0.283 e. The van der Waals surface area contributed by atoms with Gasteiger partial charge in [-0.25, -0.2) is 4.90 Å². The third kappa shape index (κ3) is 2.60. The van der Waals surface area contributed by atoms with E-state index < -0.39 is 17.7 Å². The number of para-hydroxylation sites is 1. The summed E-state index contributed by atoms with van der Waals surface area (Å²) >= 11 is 0. The van der Waals surface area contributed by atoms with Crippen molar-refractivity contribution in [1.82, 2.24) is 4.90 Å². The summed E-state index contributed by atoms with van der Waals surface area (Å²) in [6.07, 6.45) is 0. The summed E-state index contributed by atoms with van der Waals surface area (Å²) in [6.45, 7) is 1.28. The third-order valence-corrected chi connectivity index (χ3v) is 4.69. The molecular formula is C21H18N4O3. The largest absolute Gasteiger partial charge is 0.378 e. The minimum Gasteiger partial charge on any atom is -0.378 e. The first-order chi connectivity index (χ1) is 13.4. The fraction of sp³-hybridized carbons (Fsp3) is 0.143. The number of imide groups is 1. The number of amides is 3. The Morgan fingerprint density at radius 3 is 2.11 bits per heavy atom. The maximum absolute atomic E-state index is 13.1. The maximum atomic E-state index is 13.1. The zero-order valence-corrected chi connectivity index (χ0v) is 15.7. The first-order valence-electron chi connectivity index (χ1n) is 8.75. The van der Waals surface area contributed by atoms with Gasteiger partial charge in [0.15, 0.2) is 5.84 Å². The molecule has 4 rings (SSSR count). The Morgan fingerprint density at radius 1 is 0.893 bits per heavy atom. The van der Waals surface area contributed by atoms with Gasteiger partial charge in [-0.1, -0.05) is 30.3 Å². The van der Waals surface area contributed by atoms with E-state index in [-0.39, 0.29) is 17.0 Å². The first kappa shape index (κ1) is 17.7. The van der Waals surface area contributed by atoms with Crippen LogP contribution in [0.4, 0.5) is 11.4 Å². The molecule has 140 valence electrons. The lowest BCUT2D eigenvalue weighted by Gasteiger charge is -2.16. The van der Waals surface area contributed by atoms with Crippen molar-refractivity contribution in [2.24, 2.45) is 5.10 Å². The van der Waals surface area contributed by atoms with E-state index in [1.807, 2.05) is 37.2 Å². The van der Waals surface area contributed by atoms with Crippen LogP contribution >= 0.6 is 0 Å². The average Bonchev–Trinajstić information content (AvgIpc) is 3.15. The number of amidine groups is 1. The summed E-state index contributed by atoms with van der Waals surface area (Å²) in [5.41, 5.74) is 2.45. The maximum Gasteiger partial charge on any atom is 0.283 e. The summed E-state index contributed by atoms with van der Waals surface area (Å²) in [5.74, 6) is -1.35. The molecule has 0 atom stereocenters. The van der Waals surface area contributed by atoms with Crippen molar-refractivity contribution >= 4 is 40.5 Å². The van der Waals surface area contributed by atoms with Gasteiger partial charge in [0.1, 0.15) is 5.57 Å². The summed E-state index contributed by atoms with van der Waals surface area (Å²) in [7, 11) is 3.83. The molecule has 28 heavy (non-hydrogen) atoms. The number of rotatable bonds is 3. The van der Waals surface area contributed by atoms with E-state index in [4.69, 9.17) is 0 Å². The standard InChI is InChI=1S/C21H18N4O3/c1-13(26)24-19-18(21(28)25(22-19)16-7-5-4-6-8-16)17(20(24)27)14-9-11-15(12-10-14)23(2)3/h4-12H,1-3H3. The van der Waals surface area contributed by atoms with Crippen molar-refractivity contribution in [3.63, 3.8) is 0 Å². The molecule has 0 fully saturated rings. The van der Waals surface area contributed by atoms with Gasteiger partial charge in [0.25, 0.3) is 11.8 Å². The molecule has 0 N–H and O–H groups in total. The van der Waals surface area contributed by atoms with E-state index in [1.165, 1.54) is 11.9 Å². The molecule has 0 saturated heterocycles. The molecule has 2 aliphatic rings. The number of carbonyl (C=O) groups is 3. The Morgan fingerprint density at radius 2 is 1.54 bits per heavy atom. The lowest BCUT2D eigenvalue weighted by molar-refractivity contribution is -0.134. The quantitative estimate of drug-likeness (QED) is 0.826. The van der Waals surface area contributed by atoms with Gasteiger partial charge < -0.3 is 4.90 Å². The zero-order chi connectivity index (χ0) is 20.0. The van der Waals surface area contributed by atoms with Crippen LogP contribution in [0.5, 0.6) is 0 Å². The Hall–Kier alpha value is -3.74. The molecule has 2 heterocycles. The van der Waals surface area contributed by atoms with Gasteiger partial charge in [0, 0.05) is 26.7 Å². The number of nitrogens with zero attached hydrogens (tertiary/aromatic N) is 4. The molecule has 0 radical (unpaired) electrons. The Balaban J connectivity index is 1.86. The molecule has 2 aromatic carbocycles. The second-order valence-corrected chi connectivity index (χ2v) is 6.73. The van der Waals surface area contributed by atoms with E-state index >= 15 is 0 Å². The van der Waals surface area contributed by atoms with Crippen molar-refractivity contribution < 1.29 is 14.4 Å². The fourth-order valence-electron chi connectivity index (χ4n) is 3.31. The van der Waals surface area contributed by atoms with Crippen molar-refractivity contribution in [2.45, 2.75) is 6.92 Å². The number of carbonyl (C=O) groups excluding carboxylic acids is 3. The number of fused-ring (bicyclic) bond motifs is 1. The van der Waals surface area contributed by atoms with E-state index in [0.717, 1.165) is 10.6 Å². The van der Waals surface area contributed by atoms with Crippen LogP contribution < -0.4 is 9.91 Å². The van der Waals surface area contributed by atoms with Crippen LogP contribution in [0.25, 0.3) is 5.57 Å². The normalized spacial score (nSPS) is 15.9. The summed E-state index contributed by atoms with van der Waals surface area (Å²) in [6, 6.07) is 16.2. The van der Waals surface area contributed by atoms with Crippen molar-refractivity contribution in [3.8, 4) is 0 Å². The number of hydrazone groups is 1. The minimum absolute atomic E-state index is 0.0815. The van der Waals surface area contributed by atoms with Gasteiger partial charge in [0.05, 0.1) is 11.3 Å². The summed E-state index contributed by atoms with van der Waals surface area (Å²) < 4.78 is 0. The Bertz CT molecular complexity index is 1050. The number of hydrogen-bond donors (Lipinski definition) is 0. The van der Waals surface area contributed by atoms with Crippen LogP contribution in [-0.4, -0.2) is 42.6 Å². The van der Waals surface area contributed by atoms with Crippen LogP contribution in [0.1, 0.15) is 12.5 Å². The van der Waals surface area contributed by atoms with Crippen LogP contribution in [0.15, 0.2) is 65.3 Å². The first-order valence-corrected chi connectivity index (χ1v) is 8.75. The third-order valence-electron chi connectivity index (χ3n) is 4.69. The molecule has 0 aliphatic carbocycles. The van der Waals surface area contributed by atoms with E-state index in [0.29, 0.717) is 11.3 Å². The highest BCUT2D eigenvalue weighted by molar-refractivity contribution is 6.51. The van der Waals surface area contributed by atoms with Gasteiger partial charge in [-0.2, -0.15) is 5.01 Å². The summed E-state index contributed by atoms with van der Waals surface area (Å²) in [4.78, 5) is 41.1. The number of hydrogen-bond acceptors (Lipinski definition) is 5. The molecule has 7 heteroatoms. The van der Waals surface area contributed by atoms with Crippen molar-refractivity contribution in [1.29, 1.82) is 0 Å². The Labute approximate surface area is 162 Å². The van der Waals surface area contributed by atoms with Gasteiger partial charge in [-0.15, -0.1) is 5.10 Å². The average molecular weight is 374 g/mol. The molecule has 2 aliphatic heterocycles. The SMILES string of the molecule is CC(=O)N1C(=O)C(c2ccc(N(C)C)cc2)=C2C(=O)N(c3ccccc3)N=C21. The second kappa shape index (κ2) is 6.45. The van der Waals surface area contributed by atoms with Crippen molar-refractivity contribution in [3.05, 3.63) is 65.7 Å². The van der Waals surface area contributed by atoms with E-state index in [9.17, 15) is 14.4 Å². The highest BCUT2D eigenvalue weighted by Crippen LogP contribution is 2.37. The molecule has 0 spiro atoms. The molecule has 7 nitrogen and oxygen atoms in total. The molecular weight excluding hydrogens is 356 g/mol. The molecule has 3 amide bonds. The highest BCUT2D eigenvalue weighted by atomic mass is 16.2. The highest BCUT2D eigenvalue weighted by Gasteiger charge is 2.48. The molecule has 0 unspecified atom stereocenters. The number of anilines is 2. The van der Waals surface area contributed by atoms with E-state index in [2.05, 4.69) is 5.10 Å². The lowest BCUT2D eigenvalue weighted by Crippen LogP contribution is -2.35. The van der Waals surface area contributed by atoms with Gasteiger partial charge in [-0.05, 0) is 29.8 Å². The monoisotopic (exact) mass is 374 g/mol. The van der Waals surface area contributed by atoms with Gasteiger partial charge >= 0.3 is 0 Å². The van der Waals surface area contributed by atoms with Gasteiger partial charge in [0.2, 0.25) is 5.91 Å². The Kier molecular flexibility index (Phi) is 4.07. The summed E-state index contributed by atoms with van der Waals surface area (Å²) in [5, 5.41) is 5.52. The predicted octanol–water partition coefficient (Wildman–Crippen LogP) is 2.26. The van der Waals surface area contributed by atoms with Crippen LogP contribution in [-0.2, 0) is 14.4 Å². The second-order valence-electron chi connectivity index (χ2n) is 6.73. The molecule has 0 saturated carbocycles. The predicted molar refractivity (Wildman–Crippen MR) is 107 cm³/mol. The van der Waals surface area contributed by atoms with Crippen LogP contribution in [0.2, 0.25) is 0 Å². The fourth-order valence-corrected chi connectivity index (χ4v) is 3.31. The minimum atomic E-state index is -0.528. The molecule has 0 aromatic heterocycles. The van der Waals surface area contributed by atoms with Crippen LogP contribution in [0, 0.1) is 0 Å². The molecule has 0 bridgehead atoms. The zero-order valence-electron chi connectivity index (χ0n) is 15.7. The topological polar surface area (TPSA) is 73.3 Å². The molecule has 2 aromatic rings. The van der Waals surface area contributed by atoms with Gasteiger partial charge in [-0.3, -0.25) is 14.4 Å². The lowest BCUT2D eigenvalue weighted by atomic mass is 10.0. The van der Waals surface area contributed by atoms with Crippen molar-refractivity contribution in [2.75, 3.05) is 24.0 Å². The number of benzene rings is 2. The van der Waals surface area contributed by atoms with Crippen LogP contribution in [0.3, 0.4) is 0 Å².